The normalized spacial score (nSPS) is 17.6. The molecule has 1 fully saturated rings. The maximum atomic E-state index is 13.7. The predicted molar refractivity (Wildman–Crippen MR) is 71.6 cm³/mol. The van der Waals surface area contributed by atoms with Gasteiger partial charge in [-0.2, -0.15) is 4.31 Å². The molecule has 1 aromatic rings. The van der Waals surface area contributed by atoms with Gasteiger partial charge >= 0.3 is 0 Å². The van der Waals surface area contributed by atoms with E-state index < -0.39 is 15.8 Å². The molecule has 0 amide bonds. The smallest absolute Gasteiger partial charge is 0.243 e. The van der Waals surface area contributed by atoms with E-state index >= 15 is 0 Å². The first-order valence-electron chi connectivity index (χ1n) is 6.46. The standard InChI is InChI=1S/C13H19FN2O2S/c1-10-7-12(8-11(9-15)13(10)14)19(17,18)16-5-3-2-4-6-16/h7-8H,2-6,9,15H2,1H3. The van der Waals surface area contributed by atoms with Crippen molar-refractivity contribution >= 4 is 10.0 Å². The molecule has 0 spiro atoms. The average molecular weight is 286 g/mol. The summed E-state index contributed by atoms with van der Waals surface area (Å²) in [6, 6.07) is 2.74. The molecule has 6 heteroatoms. The molecule has 106 valence electrons. The zero-order valence-electron chi connectivity index (χ0n) is 11.0. The van der Waals surface area contributed by atoms with Gasteiger partial charge in [-0.3, -0.25) is 0 Å². The summed E-state index contributed by atoms with van der Waals surface area (Å²) >= 11 is 0. The van der Waals surface area contributed by atoms with Gasteiger partial charge in [0.2, 0.25) is 10.0 Å². The van der Waals surface area contributed by atoms with Gasteiger partial charge in [-0.15, -0.1) is 0 Å². The summed E-state index contributed by atoms with van der Waals surface area (Å²) in [4.78, 5) is 0.147. The Morgan fingerprint density at radius 2 is 1.89 bits per heavy atom. The number of nitrogens with two attached hydrogens (primary N) is 1. The van der Waals surface area contributed by atoms with Crippen molar-refractivity contribution in [1.82, 2.24) is 4.31 Å². The van der Waals surface area contributed by atoms with Crippen LogP contribution in [0, 0.1) is 12.7 Å². The number of hydrogen-bond donors (Lipinski definition) is 1. The van der Waals surface area contributed by atoms with Crippen molar-refractivity contribution in [3.8, 4) is 0 Å². The second-order valence-corrected chi connectivity index (χ2v) is 6.82. The van der Waals surface area contributed by atoms with Crippen molar-refractivity contribution in [3.05, 3.63) is 29.1 Å². The Hall–Kier alpha value is -0.980. The van der Waals surface area contributed by atoms with E-state index in [2.05, 4.69) is 0 Å². The first-order chi connectivity index (χ1) is 8.96. The predicted octanol–water partition coefficient (Wildman–Crippen LogP) is 1.77. The van der Waals surface area contributed by atoms with Crippen LogP contribution < -0.4 is 5.73 Å². The van der Waals surface area contributed by atoms with Gasteiger partial charge < -0.3 is 5.73 Å². The molecule has 2 rings (SSSR count). The summed E-state index contributed by atoms with van der Waals surface area (Å²) in [5, 5.41) is 0. The van der Waals surface area contributed by atoms with Crippen molar-refractivity contribution in [3.63, 3.8) is 0 Å². The molecule has 1 saturated heterocycles. The second-order valence-electron chi connectivity index (χ2n) is 4.88. The largest absolute Gasteiger partial charge is 0.326 e. The van der Waals surface area contributed by atoms with E-state index in [4.69, 9.17) is 5.73 Å². The van der Waals surface area contributed by atoms with Crippen LogP contribution in [0.2, 0.25) is 0 Å². The van der Waals surface area contributed by atoms with Crippen LogP contribution in [-0.4, -0.2) is 25.8 Å². The molecule has 19 heavy (non-hydrogen) atoms. The molecule has 0 saturated carbocycles. The Morgan fingerprint density at radius 3 is 2.47 bits per heavy atom. The summed E-state index contributed by atoms with van der Waals surface area (Å²) in [5.41, 5.74) is 6.03. The van der Waals surface area contributed by atoms with Gasteiger partial charge in [0.1, 0.15) is 5.82 Å². The van der Waals surface area contributed by atoms with E-state index in [1.807, 2.05) is 0 Å². The van der Waals surface area contributed by atoms with Crippen LogP contribution in [-0.2, 0) is 16.6 Å². The SMILES string of the molecule is Cc1cc(S(=O)(=O)N2CCCCC2)cc(CN)c1F. The minimum absolute atomic E-state index is 0.00394. The third-order valence-electron chi connectivity index (χ3n) is 3.48. The monoisotopic (exact) mass is 286 g/mol. The number of hydrogen-bond acceptors (Lipinski definition) is 3. The summed E-state index contributed by atoms with van der Waals surface area (Å²) in [6.07, 6.45) is 2.81. The van der Waals surface area contributed by atoms with Crippen molar-refractivity contribution in [1.29, 1.82) is 0 Å². The van der Waals surface area contributed by atoms with Gasteiger partial charge in [0.15, 0.2) is 0 Å². The molecule has 1 aliphatic rings. The number of nitrogens with zero attached hydrogens (tertiary/aromatic N) is 1. The maximum Gasteiger partial charge on any atom is 0.243 e. The van der Waals surface area contributed by atoms with Gasteiger partial charge in [-0.1, -0.05) is 6.42 Å². The first kappa shape index (κ1) is 14.4. The molecular weight excluding hydrogens is 267 g/mol. The Labute approximate surface area is 113 Å². The fraction of sp³-hybridized carbons (Fsp3) is 0.538. The quantitative estimate of drug-likeness (QED) is 0.921. The van der Waals surface area contributed by atoms with Crippen molar-refractivity contribution < 1.29 is 12.8 Å². The lowest BCUT2D eigenvalue weighted by molar-refractivity contribution is 0.346. The minimum atomic E-state index is -3.52. The van der Waals surface area contributed by atoms with Crippen LogP contribution in [0.25, 0.3) is 0 Å². The van der Waals surface area contributed by atoms with Gasteiger partial charge in [-0.25, -0.2) is 12.8 Å². The summed E-state index contributed by atoms with van der Waals surface area (Å²) in [5.74, 6) is -0.417. The number of rotatable bonds is 3. The van der Waals surface area contributed by atoms with Crippen LogP contribution in [0.4, 0.5) is 4.39 Å². The Bertz CT molecular complexity index is 566. The Balaban J connectivity index is 2.42. The lowest BCUT2D eigenvalue weighted by atomic mass is 10.1. The van der Waals surface area contributed by atoms with Crippen molar-refractivity contribution in [2.45, 2.75) is 37.6 Å². The minimum Gasteiger partial charge on any atom is -0.326 e. The van der Waals surface area contributed by atoms with Gasteiger partial charge in [0, 0.05) is 25.2 Å². The summed E-state index contributed by atoms with van der Waals surface area (Å²) in [6.45, 7) is 2.63. The molecular formula is C13H19FN2O2S. The highest BCUT2D eigenvalue weighted by Crippen LogP contribution is 2.24. The third kappa shape index (κ3) is 2.80. The second kappa shape index (κ2) is 5.56. The van der Waals surface area contributed by atoms with E-state index in [9.17, 15) is 12.8 Å². The van der Waals surface area contributed by atoms with Gasteiger partial charge in [-0.05, 0) is 37.5 Å². The molecule has 0 aliphatic carbocycles. The number of piperidine rings is 1. The number of aryl methyl sites for hydroxylation is 1. The third-order valence-corrected chi connectivity index (χ3v) is 5.35. The molecule has 2 N–H and O–H groups in total. The van der Waals surface area contributed by atoms with E-state index in [1.54, 1.807) is 6.92 Å². The topological polar surface area (TPSA) is 63.4 Å². The summed E-state index contributed by atoms with van der Waals surface area (Å²) < 4.78 is 40.2. The van der Waals surface area contributed by atoms with E-state index in [0.717, 1.165) is 19.3 Å². The summed E-state index contributed by atoms with van der Waals surface area (Å²) in [7, 11) is -3.52. The highest BCUT2D eigenvalue weighted by Gasteiger charge is 2.27. The van der Waals surface area contributed by atoms with E-state index in [0.29, 0.717) is 18.7 Å². The molecule has 0 atom stereocenters. The first-order valence-corrected chi connectivity index (χ1v) is 7.90. The van der Waals surface area contributed by atoms with E-state index in [-0.39, 0.29) is 17.0 Å². The molecule has 0 radical (unpaired) electrons. The number of halogens is 1. The van der Waals surface area contributed by atoms with Crippen molar-refractivity contribution in [2.24, 2.45) is 5.73 Å². The zero-order valence-corrected chi connectivity index (χ0v) is 11.8. The van der Waals surface area contributed by atoms with Gasteiger partial charge in [0.25, 0.3) is 0 Å². The molecule has 0 bridgehead atoms. The van der Waals surface area contributed by atoms with Crippen LogP contribution in [0.1, 0.15) is 30.4 Å². The molecule has 1 aliphatic heterocycles. The van der Waals surface area contributed by atoms with Crippen LogP contribution in [0.5, 0.6) is 0 Å². The lowest BCUT2D eigenvalue weighted by Gasteiger charge is -2.26. The molecule has 0 unspecified atom stereocenters. The fourth-order valence-electron chi connectivity index (χ4n) is 2.36. The lowest BCUT2D eigenvalue weighted by Crippen LogP contribution is -2.35. The van der Waals surface area contributed by atoms with E-state index in [1.165, 1.54) is 16.4 Å². The Kier molecular flexibility index (Phi) is 4.23. The average Bonchev–Trinajstić information content (AvgIpc) is 2.42. The fourth-order valence-corrected chi connectivity index (χ4v) is 4.01. The number of sulfonamides is 1. The molecule has 1 aromatic carbocycles. The highest BCUT2D eigenvalue weighted by molar-refractivity contribution is 7.89. The van der Waals surface area contributed by atoms with Gasteiger partial charge in [0.05, 0.1) is 4.90 Å². The van der Waals surface area contributed by atoms with Crippen LogP contribution >= 0.6 is 0 Å². The number of benzene rings is 1. The molecule has 0 aromatic heterocycles. The van der Waals surface area contributed by atoms with Crippen LogP contribution in [0.3, 0.4) is 0 Å². The maximum absolute atomic E-state index is 13.7. The van der Waals surface area contributed by atoms with Crippen molar-refractivity contribution in [2.75, 3.05) is 13.1 Å². The van der Waals surface area contributed by atoms with Crippen LogP contribution in [0.15, 0.2) is 17.0 Å². The molecule has 4 nitrogen and oxygen atoms in total. The Morgan fingerprint density at radius 1 is 1.26 bits per heavy atom. The highest BCUT2D eigenvalue weighted by atomic mass is 32.2. The molecule has 1 heterocycles. The zero-order chi connectivity index (χ0) is 14.0.